The van der Waals surface area contributed by atoms with Gasteiger partial charge < -0.3 is 10.3 Å². The lowest BCUT2D eigenvalue weighted by atomic mass is 10.2. The maximum Gasteiger partial charge on any atom is 0.132 e. The van der Waals surface area contributed by atoms with Crippen LogP contribution in [0.2, 0.25) is 0 Å². The molecule has 0 saturated heterocycles. The van der Waals surface area contributed by atoms with Crippen molar-refractivity contribution in [2.24, 2.45) is 14.1 Å². The smallest absolute Gasteiger partial charge is 0.132 e. The van der Waals surface area contributed by atoms with Gasteiger partial charge in [-0.1, -0.05) is 6.07 Å². The number of nitrogen functional groups attached to an aromatic ring is 1. The van der Waals surface area contributed by atoms with Gasteiger partial charge in [-0.3, -0.25) is 4.68 Å². The van der Waals surface area contributed by atoms with Crippen molar-refractivity contribution in [3.8, 4) is 11.4 Å². The van der Waals surface area contributed by atoms with E-state index in [1.165, 1.54) is 6.07 Å². The highest BCUT2D eigenvalue weighted by molar-refractivity contribution is 5.88. The minimum absolute atomic E-state index is 0.227. The van der Waals surface area contributed by atoms with Crippen molar-refractivity contribution in [2.75, 3.05) is 5.73 Å². The van der Waals surface area contributed by atoms with E-state index in [-0.39, 0.29) is 5.82 Å². The minimum atomic E-state index is -0.227. The Balaban J connectivity index is 2.38. The number of aryl methyl sites for hydroxylation is 2. The van der Waals surface area contributed by atoms with E-state index in [9.17, 15) is 4.39 Å². The predicted octanol–water partition coefficient (Wildman–Crippen LogP) is 2.30. The molecular formula is C13H13FN4. The van der Waals surface area contributed by atoms with Gasteiger partial charge in [-0.2, -0.15) is 5.10 Å². The molecule has 5 heteroatoms. The average molecular weight is 244 g/mol. The SMILES string of the molecule is Cn1ncc(N)c1-c1cc2c(F)cccc2n1C. The Bertz CT molecular complexity index is 719. The summed E-state index contributed by atoms with van der Waals surface area (Å²) in [4.78, 5) is 0. The maximum atomic E-state index is 13.8. The molecule has 18 heavy (non-hydrogen) atoms. The van der Waals surface area contributed by atoms with Crippen molar-refractivity contribution >= 4 is 16.6 Å². The summed E-state index contributed by atoms with van der Waals surface area (Å²) >= 11 is 0. The van der Waals surface area contributed by atoms with E-state index in [4.69, 9.17) is 5.73 Å². The number of hydrogen-bond donors (Lipinski definition) is 1. The summed E-state index contributed by atoms with van der Waals surface area (Å²) in [5, 5.41) is 4.70. The largest absolute Gasteiger partial charge is 0.396 e. The average Bonchev–Trinajstić information content (AvgIpc) is 2.83. The number of rotatable bonds is 1. The van der Waals surface area contributed by atoms with Gasteiger partial charge >= 0.3 is 0 Å². The maximum absolute atomic E-state index is 13.8. The predicted molar refractivity (Wildman–Crippen MR) is 69.5 cm³/mol. The number of nitrogens with two attached hydrogens (primary N) is 1. The number of halogens is 1. The van der Waals surface area contributed by atoms with Gasteiger partial charge in [0.2, 0.25) is 0 Å². The molecule has 2 aromatic heterocycles. The van der Waals surface area contributed by atoms with Crippen LogP contribution in [0.25, 0.3) is 22.3 Å². The summed E-state index contributed by atoms with van der Waals surface area (Å²) in [7, 11) is 3.71. The quantitative estimate of drug-likeness (QED) is 0.714. The normalized spacial score (nSPS) is 11.3. The van der Waals surface area contributed by atoms with Crippen LogP contribution in [-0.4, -0.2) is 14.3 Å². The fraction of sp³-hybridized carbons (Fsp3) is 0.154. The molecule has 3 rings (SSSR count). The lowest BCUT2D eigenvalue weighted by Gasteiger charge is -2.05. The summed E-state index contributed by atoms with van der Waals surface area (Å²) in [6, 6.07) is 6.85. The van der Waals surface area contributed by atoms with E-state index in [1.54, 1.807) is 23.0 Å². The highest BCUT2D eigenvalue weighted by Gasteiger charge is 2.15. The molecule has 0 saturated carbocycles. The molecule has 92 valence electrons. The van der Waals surface area contributed by atoms with E-state index < -0.39 is 0 Å². The van der Waals surface area contributed by atoms with E-state index in [2.05, 4.69) is 5.10 Å². The van der Waals surface area contributed by atoms with Crippen LogP contribution in [0.3, 0.4) is 0 Å². The number of anilines is 1. The van der Waals surface area contributed by atoms with Crippen molar-refractivity contribution in [3.63, 3.8) is 0 Å². The second-order valence-electron chi connectivity index (χ2n) is 4.33. The molecule has 0 radical (unpaired) electrons. The third-order valence-corrected chi connectivity index (χ3v) is 3.24. The van der Waals surface area contributed by atoms with Crippen LogP contribution >= 0.6 is 0 Å². The van der Waals surface area contributed by atoms with Crippen molar-refractivity contribution in [3.05, 3.63) is 36.3 Å². The van der Waals surface area contributed by atoms with Crippen LogP contribution in [0.5, 0.6) is 0 Å². The van der Waals surface area contributed by atoms with Crippen molar-refractivity contribution in [2.45, 2.75) is 0 Å². The van der Waals surface area contributed by atoms with E-state index in [0.29, 0.717) is 11.1 Å². The Hall–Kier alpha value is -2.30. The first-order chi connectivity index (χ1) is 8.59. The van der Waals surface area contributed by atoms with Crippen LogP contribution < -0.4 is 5.73 Å². The van der Waals surface area contributed by atoms with Gasteiger partial charge in [0.25, 0.3) is 0 Å². The van der Waals surface area contributed by atoms with Gasteiger partial charge in [0, 0.05) is 19.5 Å². The third kappa shape index (κ3) is 1.33. The molecule has 0 bridgehead atoms. The molecule has 0 amide bonds. The lowest BCUT2D eigenvalue weighted by Crippen LogP contribution is -2.00. The summed E-state index contributed by atoms with van der Waals surface area (Å²) in [5.41, 5.74) is 8.99. The number of fused-ring (bicyclic) bond motifs is 1. The number of benzene rings is 1. The van der Waals surface area contributed by atoms with Gasteiger partial charge in [0.15, 0.2) is 0 Å². The molecule has 1 aromatic carbocycles. The summed E-state index contributed by atoms with van der Waals surface area (Å²) in [5.74, 6) is -0.227. The zero-order chi connectivity index (χ0) is 12.9. The minimum Gasteiger partial charge on any atom is -0.396 e. The zero-order valence-electron chi connectivity index (χ0n) is 10.2. The molecule has 4 nitrogen and oxygen atoms in total. The molecule has 0 fully saturated rings. The number of hydrogen-bond acceptors (Lipinski definition) is 2. The van der Waals surface area contributed by atoms with E-state index >= 15 is 0 Å². The van der Waals surface area contributed by atoms with Gasteiger partial charge in [-0.15, -0.1) is 0 Å². The van der Waals surface area contributed by atoms with E-state index in [0.717, 1.165) is 16.9 Å². The van der Waals surface area contributed by atoms with Gasteiger partial charge in [0.05, 0.1) is 23.1 Å². The molecule has 0 aliphatic heterocycles. The lowest BCUT2D eigenvalue weighted by molar-refractivity contribution is 0.640. The number of aromatic nitrogens is 3. The van der Waals surface area contributed by atoms with Gasteiger partial charge in [-0.25, -0.2) is 4.39 Å². The Morgan fingerprint density at radius 3 is 2.67 bits per heavy atom. The topological polar surface area (TPSA) is 48.8 Å². The first-order valence-corrected chi connectivity index (χ1v) is 5.61. The zero-order valence-corrected chi connectivity index (χ0v) is 10.2. The first-order valence-electron chi connectivity index (χ1n) is 5.61. The standard InChI is InChI=1S/C13H13FN4/c1-17-11-5-3-4-9(14)8(11)6-12(17)13-10(15)7-16-18(13)2/h3-7H,15H2,1-2H3. The van der Waals surface area contributed by atoms with Gasteiger partial charge in [-0.05, 0) is 18.2 Å². The number of nitrogens with zero attached hydrogens (tertiary/aromatic N) is 3. The highest BCUT2D eigenvalue weighted by atomic mass is 19.1. The van der Waals surface area contributed by atoms with Gasteiger partial charge in [0.1, 0.15) is 11.5 Å². The molecule has 0 aliphatic rings. The Morgan fingerprint density at radius 2 is 2.06 bits per heavy atom. The molecule has 0 atom stereocenters. The van der Waals surface area contributed by atoms with Crippen molar-refractivity contribution < 1.29 is 4.39 Å². The monoisotopic (exact) mass is 244 g/mol. The Morgan fingerprint density at radius 1 is 1.28 bits per heavy atom. The van der Waals surface area contributed by atoms with Crippen LogP contribution in [0.4, 0.5) is 10.1 Å². The summed E-state index contributed by atoms with van der Waals surface area (Å²) < 4.78 is 17.4. The fourth-order valence-corrected chi connectivity index (χ4v) is 2.32. The Kier molecular flexibility index (Phi) is 2.16. The van der Waals surface area contributed by atoms with Crippen LogP contribution in [-0.2, 0) is 14.1 Å². The molecule has 2 heterocycles. The molecule has 0 unspecified atom stereocenters. The second-order valence-corrected chi connectivity index (χ2v) is 4.33. The van der Waals surface area contributed by atoms with Crippen LogP contribution in [0.15, 0.2) is 30.5 Å². The fourth-order valence-electron chi connectivity index (χ4n) is 2.32. The molecular weight excluding hydrogens is 231 g/mol. The molecule has 2 N–H and O–H groups in total. The summed E-state index contributed by atoms with van der Waals surface area (Å²) in [6.45, 7) is 0. The Labute approximate surface area is 103 Å². The molecule has 3 aromatic rings. The highest BCUT2D eigenvalue weighted by Crippen LogP contribution is 2.31. The summed E-state index contributed by atoms with van der Waals surface area (Å²) in [6.07, 6.45) is 1.60. The molecule has 0 spiro atoms. The van der Waals surface area contributed by atoms with Crippen LogP contribution in [0.1, 0.15) is 0 Å². The van der Waals surface area contributed by atoms with Crippen molar-refractivity contribution in [1.82, 2.24) is 14.3 Å². The molecule has 0 aliphatic carbocycles. The third-order valence-electron chi connectivity index (χ3n) is 3.24. The van der Waals surface area contributed by atoms with E-state index in [1.807, 2.05) is 24.7 Å². The first kappa shape index (κ1) is 10.8. The van der Waals surface area contributed by atoms with Crippen LogP contribution in [0, 0.1) is 5.82 Å². The second kappa shape index (κ2) is 3.60. The van der Waals surface area contributed by atoms with Crippen molar-refractivity contribution in [1.29, 1.82) is 0 Å².